The minimum Gasteiger partial charge on any atom is -0.385 e. The molecule has 0 aliphatic heterocycles. The zero-order valence-electron chi connectivity index (χ0n) is 10.5. The van der Waals surface area contributed by atoms with E-state index in [4.69, 9.17) is 23.2 Å². The highest BCUT2D eigenvalue weighted by atomic mass is 35.5. The number of rotatable bonds is 5. The quantitative estimate of drug-likeness (QED) is 0.650. The molecule has 0 atom stereocenters. The summed E-state index contributed by atoms with van der Waals surface area (Å²) >= 11 is 11.9. The average molecular weight is 311 g/mol. The molecule has 4 nitrogen and oxygen atoms in total. The molecular weight excluding hydrogens is 299 g/mol. The topological polar surface area (TPSA) is 55.2 Å². The smallest absolute Gasteiger partial charge is 0.271 e. The number of nitrogens with one attached hydrogen (secondary N) is 1. The fourth-order valence-corrected chi connectivity index (χ4v) is 2.30. The SMILES string of the molecule is O=[N+]([O-])c1cccc(NCCc2ccc(Cl)cc2Cl)c1. The first-order valence-electron chi connectivity index (χ1n) is 5.98. The standard InChI is InChI=1S/C14H12Cl2N2O2/c15-11-5-4-10(14(16)8-11)6-7-17-12-2-1-3-13(9-12)18(19)20/h1-5,8-9,17H,6-7H2. The van der Waals surface area contributed by atoms with Crippen LogP contribution in [0.4, 0.5) is 11.4 Å². The van der Waals surface area contributed by atoms with Crippen LogP contribution in [0, 0.1) is 10.1 Å². The minimum absolute atomic E-state index is 0.0690. The third kappa shape index (κ3) is 3.85. The molecule has 0 saturated carbocycles. The molecular formula is C14H12Cl2N2O2. The fourth-order valence-electron chi connectivity index (χ4n) is 1.80. The van der Waals surface area contributed by atoms with Gasteiger partial charge in [0.05, 0.1) is 4.92 Å². The maximum Gasteiger partial charge on any atom is 0.271 e. The van der Waals surface area contributed by atoms with Gasteiger partial charge in [-0.15, -0.1) is 0 Å². The van der Waals surface area contributed by atoms with Crippen LogP contribution in [0.25, 0.3) is 0 Å². The molecule has 0 aromatic heterocycles. The lowest BCUT2D eigenvalue weighted by atomic mass is 10.1. The second kappa shape index (κ2) is 6.59. The van der Waals surface area contributed by atoms with Gasteiger partial charge in [0.25, 0.3) is 5.69 Å². The Balaban J connectivity index is 1.96. The van der Waals surface area contributed by atoms with Crippen LogP contribution in [0.3, 0.4) is 0 Å². The molecule has 0 fully saturated rings. The van der Waals surface area contributed by atoms with Crippen molar-refractivity contribution < 1.29 is 4.92 Å². The Hall–Kier alpha value is -1.78. The Morgan fingerprint density at radius 3 is 2.65 bits per heavy atom. The summed E-state index contributed by atoms with van der Waals surface area (Å²) in [5.41, 5.74) is 1.76. The van der Waals surface area contributed by atoms with E-state index in [0.717, 1.165) is 5.56 Å². The number of halogens is 2. The Labute approximate surface area is 126 Å². The van der Waals surface area contributed by atoms with E-state index in [1.165, 1.54) is 12.1 Å². The van der Waals surface area contributed by atoms with E-state index < -0.39 is 4.92 Å². The van der Waals surface area contributed by atoms with Crippen molar-refractivity contribution in [2.24, 2.45) is 0 Å². The van der Waals surface area contributed by atoms with Crippen molar-refractivity contribution in [1.29, 1.82) is 0 Å². The highest BCUT2D eigenvalue weighted by molar-refractivity contribution is 6.35. The Morgan fingerprint density at radius 1 is 1.15 bits per heavy atom. The molecule has 0 aliphatic rings. The van der Waals surface area contributed by atoms with Crippen molar-refractivity contribution in [3.63, 3.8) is 0 Å². The van der Waals surface area contributed by atoms with Gasteiger partial charge in [0.15, 0.2) is 0 Å². The second-order valence-electron chi connectivity index (χ2n) is 4.22. The Kier molecular flexibility index (Phi) is 4.82. The summed E-state index contributed by atoms with van der Waals surface area (Å²) in [7, 11) is 0. The van der Waals surface area contributed by atoms with Crippen molar-refractivity contribution >= 4 is 34.6 Å². The lowest BCUT2D eigenvalue weighted by molar-refractivity contribution is -0.384. The summed E-state index contributed by atoms with van der Waals surface area (Å²) in [6.45, 7) is 0.628. The maximum atomic E-state index is 10.7. The van der Waals surface area contributed by atoms with Crippen molar-refractivity contribution in [1.82, 2.24) is 0 Å². The van der Waals surface area contributed by atoms with E-state index in [-0.39, 0.29) is 5.69 Å². The van der Waals surface area contributed by atoms with Crippen LogP contribution >= 0.6 is 23.2 Å². The van der Waals surface area contributed by atoms with Gasteiger partial charge < -0.3 is 5.32 Å². The summed E-state index contributed by atoms with van der Waals surface area (Å²) in [6, 6.07) is 11.8. The van der Waals surface area contributed by atoms with Crippen LogP contribution in [0.1, 0.15) is 5.56 Å². The number of nitrogens with zero attached hydrogens (tertiary/aromatic N) is 1. The molecule has 2 aromatic rings. The zero-order valence-corrected chi connectivity index (χ0v) is 12.0. The predicted molar refractivity (Wildman–Crippen MR) is 81.8 cm³/mol. The van der Waals surface area contributed by atoms with E-state index in [2.05, 4.69) is 5.32 Å². The first-order valence-corrected chi connectivity index (χ1v) is 6.74. The van der Waals surface area contributed by atoms with Gasteiger partial charge in [0.2, 0.25) is 0 Å². The number of hydrogen-bond donors (Lipinski definition) is 1. The first-order chi connectivity index (χ1) is 9.56. The third-order valence-corrected chi connectivity index (χ3v) is 3.38. The van der Waals surface area contributed by atoms with Gasteiger partial charge in [-0.1, -0.05) is 35.3 Å². The number of nitro benzene ring substituents is 1. The van der Waals surface area contributed by atoms with Crippen LogP contribution in [0.5, 0.6) is 0 Å². The largest absolute Gasteiger partial charge is 0.385 e. The number of benzene rings is 2. The van der Waals surface area contributed by atoms with Crippen LogP contribution in [-0.2, 0) is 6.42 Å². The fraction of sp³-hybridized carbons (Fsp3) is 0.143. The summed E-state index contributed by atoms with van der Waals surface area (Å²) in [4.78, 5) is 10.3. The molecule has 2 aromatic carbocycles. The first kappa shape index (κ1) is 14.6. The van der Waals surface area contributed by atoms with Gasteiger partial charge in [-0.25, -0.2) is 0 Å². The summed E-state index contributed by atoms with van der Waals surface area (Å²) in [5, 5.41) is 15.0. The second-order valence-corrected chi connectivity index (χ2v) is 5.06. The molecule has 6 heteroatoms. The van der Waals surface area contributed by atoms with Gasteiger partial charge >= 0.3 is 0 Å². The van der Waals surface area contributed by atoms with E-state index in [1.807, 2.05) is 6.07 Å². The summed E-state index contributed by atoms with van der Waals surface area (Å²) < 4.78 is 0. The van der Waals surface area contributed by atoms with E-state index in [1.54, 1.807) is 24.3 Å². The molecule has 0 heterocycles. The molecule has 0 amide bonds. The highest BCUT2D eigenvalue weighted by Gasteiger charge is 2.05. The molecule has 2 rings (SSSR count). The maximum absolute atomic E-state index is 10.7. The Morgan fingerprint density at radius 2 is 1.95 bits per heavy atom. The lowest BCUT2D eigenvalue weighted by Crippen LogP contribution is -2.05. The van der Waals surface area contributed by atoms with E-state index >= 15 is 0 Å². The predicted octanol–water partition coefficient (Wildman–Crippen LogP) is 4.56. The van der Waals surface area contributed by atoms with Crippen LogP contribution < -0.4 is 5.32 Å². The van der Waals surface area contributed by atoms with Crippen LogP contribution in [-0.4, -0.2) is 11.5 Å². The van der Waals surface area contributed by atoms with Gasteiger partial charge in [-0.05, 0) is 30.2 Å². The third-order valence-electron chi connectivity index (χ3n) is 2.80. The molecule has 0 aliphatic carbocycles. The van der Waals surface area contributed by atoms with Gasteiger partial charge in [-0.3, -0.25) is 10.1 Å². The van der Waals surface area contributed by atoms with E-state index in [0.29, 0.717) is 28.7 Å². The van der Waals surface area contributed by atoms with Crippen LogP contribution in [0.2, 0.25) is 10.0 Å². The monoisotopic (exact) mass is 310 g/mol. The zero-order chi connectivity index (χ0) is 14.5. The highest BCUT2D eigenvalue weighted by Crippen LogP contribution is 2.22. The van der Waals surface area contributed by atoms with Crippen molar-refractivity contribution in [2.75, 3.05) is 11.9 Å². The molecule has 0 bridgehead atoms. The van der Waals surface area contributed by atoms with E-state index in [9.17, 15) is 10.1 Å². The van der Waals surface area contributed by atoms with Gasteiger partial charge in [0.1, 0.15) is 0 Å². The number of non-ortho nitro benzene ring substituents is 1. The normalized spacial score (nSPS) is 10.3. The molecule has 1 N–H and O–H groups in total. The van der Waals surface area contributed by atoms with Crippen molar-refractivity contribution in [3.05, 3.63) is 68.2 Å². The number of hydrogen-bond acceptors (Lipinski definition) is 3. The van der Waals surface area contributed by atoms with Gasteiger partial charge in [-0.2, -0.15) is 0 Å². The van der Waals surface area contributed by atoms with Gasteiger partial charge in [0, 0.05) is 34.4 Å². The number of anilines is 1. The minimum atomic E-state index is -0.415. The number of nitro groups is 1. The molecule has 0 radical (unpaired) electrons. The average Bonchev–Trinajstić information content (AvgIpc) is 2.41. The molecule has 0 unspecified atom stereocenters. The molecule has 20 heavy (non-hydrogen) atoms. The lowest BCUT2D eigenvalue weighted by Gasteiger charge is -2.08. The molecule has 104 valence electrons. The molecule has 0 spiro atoms. The van der Waals surface area contributed by atoms with Crippen LogP contribution in [0.15, 0.2) is 42.5 Å². The van der Waals surface area contributed by atoms with Crippen molar-refractivity contribution in [3.8, 4) is 0 Å². The van der Waals surface area contributed by atoms with Crippen molar-refractivity contribution in [2.45, 2.75) is 6.42 Å². The Bertz CT molecular complexity index is 632. The summed E-state index contributed by atoms with van der Waals surface area (Å²) in [6.07, 6.45) is 0.707. The summed E-state index contributed by atoms with van der Waals surface area (Å²) in [5.74, 6) is 0. The molecule has 0 saturated heterocycles.